The van der Waals surface area contributed by atoms with Crippen molar-refractivity contribution in [3.05, 3.63) is 11.3 Å². The summed E-state index contributed by atoms with van der Waals surface area (Å²) in [6, 6.07) is 0. The second-order valence-corrected chi connectivity index (χ2v) is 4.11. The Morgan fingerprint density at radius 1 is 1.31 bits per heavy atom. The van der Waals surface area contributed by atoms with E-state index in [2.05, 4.69) is 0 Å². The van der Waals surface area contributed by atoms with E-state index in [-0.39, 0.29) is 5.91 Å². The van der Waals surface area contributed by atoms with Crippen molar-refractivity contribution in [2.24, 2.45) is 0 Å². The van der Waals surface area contributed by atoms with Gasteiger partial charge in [0.1, 0.15) is 0 Å². The molecule has 0 aliphatic heterocycles. The van der Waals surface area contributed by atoms with Crippen molar-refractivity contribution in [2.45, 2.75) is 46.0 Å². The van der Waals surface area contributed by atoms with Crippen LogP contribution in [0.2, 0.25) is 0 Å². The molecule has 1 amide bonds. The van der Waals surface area contributed by atoms with E-state index in [9.17, 15) is 9.59 Å². The molecular formula is C12H19NO3. The third-order valence-corrected chi connectivity index (χ3v) is 2.85. The van der Waals surface area contributed by atoms with Crippen molar-refractivity contribution < 1.29 is 14.7 Å². The van der Waals surface area contributed by atoms with Crippen LogP contribution in [0.4, 0.5) is 0 Å². The summed E-state index contributed by atoms with van der Waals surface area (Å²) in [4.78, 5) is 24.2. The Morgan fingerprint density at radius 3 is 2.44 bits per heavy atom. The average molecular weight is 225 g/mol. The Morgan fingerprint density at radius 2 is 1.94 bits per heavy atom. The largest absolute Gasteiger partial charge is 0.478 e. The fraction of sp³-hybridized carbons (Fsp3) is 0.667. The van der Waals surface area contributed by atoms with E-state index < -0.39 is 5.97 Å². The molecule has 0 aromatic carbocycles. The van der Waals surface area contributed by atoms with Crippen molar-refractivity contribution in [3.63, 3.8) is 0 Å². The number of nitrogens with zero attached hydrogens (tertiary/aromatic N) is 1. The van der Waals surface area contributed by atoms with E-state index in [1.807, 2.05) is 6.92 Å². The number of amides is 1. The van der Waals surface area contributed by atoms with Crippen molar-refractivity contribution in [3.8, 4) is 0 Å². The molecular weight excluding hydrogens is 206 g/mol. The van der Waals surface area contributed by atoms with E-state index in [0.29, 0.717) is 25.0 Å². The van der Waals surface area contributed by atoms with Crippen LogP contribution in [0.25, 0.3) is 0 Å². The zero-order valence-electron chi connectivity index (χ0n) is 9.95. The third-order valence-electron chi connectivity index (χ3n) is 2.85. The molecule has 1 rings (SSSR count). The van der Waals surface area contributed by atoms with Gasteiger partial charge in [0.25, 0.3) is 0 Å². The van der Waals surface area contributed by atoms with Gasteiger partial charge in [-0.3, -0.25) is 4.79 Å². The van der Waals surface area contributed by atoms with Crippen LogP contribution in [0.3, 0.4) is 0 Å². The van der Waals surface area contributed by atoms with Gasteiger partial charge < -0.3 is 10.0 Å². The standard InChI is InChI=1S/C12H19NO3/c1-3-8-13(9(2)14)11-7-5-4-6-10(11)12(15)16/h3-8H2,1-2H3,(H,15,16). The summed E-state index contributed by atoms with van der Waals surface area (Å²) < 4.78 is 0. The summed E-state index contributed by atoms with van der Waals surface area (Å²) in [7, 11) is 0. The molecule has 0 bridgehead atoms. The molecule has 0 atom stereocenters. The van der Waals surface area contributed by atoms with Crippen molar-refractivity contribution in [1.82, 2.24) is 4.90 Å². The summed E-state index contributed by atoms with van der Waals surface area (Å²) >= 11 is 0. The van der Waals surface area contributed by atoms with Gasteiger partial charge in [0.05, 0.1) is 5.57 Å². The van der Waals surface area contributed by atoms with Crippen molar-refractivity contribution in [2.75, 3.05) is 6.54 Å². The van der Waals surface area contributed by atoms with Crippen LogP contribution in [-0.4, -0.2) is 28.4 Å². The predicted molar refractivity (Wildman–Crippen MR) is 60.8 cm³/mol. The lowest BCUT2D eigenvalue weighted by Crippen LogP contribution is -2.32. The highest BCUT2D eigenvalue weighted by atomic mass is 16.4. The molecule has 1 aliphatic carbocycles. The van der Waals surface area contributed by atoms with E-state index in [1.165, 1.54) is 6.92 Å². The molecule has 0 spiro atoms. The molecule has 0 heterocycles. The number of carboxylic acid groups (broad SMARTS) is 1. The zero-order valence-corrected chi connectivity index (χ0v) is 9.95. The summed E-state index contributed by atoms with van der Waals surface area (Å²) in [6.07, 6.45) is 4.01. The van der Waals surface area contributed by atoms with Crippen LogP contribution >= 0.6 is 0 Å². The molecule has 0 unspecified atom stereocenters. The van der Waals surface area contributed by atoms with Gasteiger partial charge in [0, 0.05) is 19.2 Å². The Bertz CT molecular complexity index is 320. The molecule has 0 aromatic rings. The van der Waals surface area contributed by atoms with Crippen LogP contribution in [0.1, 0.15) is 46.0 Å². The number of allylic oxidation sites excluding steroid dienone is 1. The maximum absolute atomic E-state index is 11.5. The molecule has 1 aliphatic rings. The molecule has 0 radical (unpaired) electrons. The van der Waals surface area contributed by atoms with E-state index in [4.69, 9.17) is 5.11 Å². The number of hydrogen-bond acceptors (Lipinski definition) is 2. The van der Waals surface area contributed by atoms with Crippen LogP contribution in [0.15, 0.2) is 11.3 Å². The van der Waals surface area contributed by atoms with Crippen LogP contribution in [0.5, 0.6) is 0 Å². The Labute approximate surface area is 95.9 Å². The molecule has 0 aromatic heterocycles. The van der Waals surface area contributed by atoms with Crippen molar-refractivity contribution >= 4 is 11.9 Å². The van der Waals surface area contributed by atoms with Gasteiger partial charge in [-0.05, 0) is 32.1 Å². The maximum Gasteiger partial charge on any atom is 0.333 e. The monoisotopic (exact) mass is 225 g/mol. The minimum atomic E-state index is -0.878. The smallest absolute Gasteiger partial charge is 0.333 e. The van der Waals surface area contributed by atoms with E-state index >= 15 is 0 Å². The van der Waals surface area contributed by atoms with Gasteiger partial charge in [-0.25, -0.2) is 4.79 Å². The molecule has 16 heavy (non-hydrogen) atoms. The highest BCUT2D eigenvalue weighted by Gasteiger charge is 2.24. The lowest BCUT2D eigenvalue weighted by atomic mass is 9.95. The normalized spacial score (nSPS) is 16.1. The summed E-state index contributed by atoms with van der Waals surface area (Å²) in [5, 5.41) is 9.11. The number of carbonyl (C=O) groups excluding carboxylic acids is 1. The number of carboxylic acids is 1. The molecule has 0 saturated heterocycles. The molecule has 0 saturated carbocycles. The quantitative estimate of drug-likeness (QED) is 0.797. The van der Waals surface area contributed by atoms with Gasteiger partial charge in [-0.15, -0.1) is 0 Å². The first-order valence-corrected chi connectivity index (χ1v) is 5.81. The summed E-state index contributed by atoms with van der Waals surface area (Å²) in [5.41, 5.74) is 1.16. The molecule has 4 heteroatoms. The Kier molecular flexibility index (Phi) is 4.52. The average Bonchev–Trinajstić information content (AvgIpc) is 2.25. The highest BCUT2D eigenvalue weighted by molar-refractivity contribution is 5.89. The number of hydrogen-bond donors (Lipinski definition) is 1. The second-order valence-electron chi connectivity index (χ2n) is 4.11. The number of carbonyl (C=O) groups is 2. The molecule has 4 nitrogen and oxygen atoms in total. The lowest BCUT2D eigenvalue weighted by molar-refractivity contribution is -0.133. The van der Waals surface area contributed by atoms with Gasteiger partial charge in [0.15, 0.2) is 0 Å². The first kappa shape index (κ1) is 12.7. The number of rotatable bonds is 4. The SMILES string of the molecule is CCCN(C(C)=O)C1=C(C(=O)O)CCCC1. The Balaban J connectivity index is 3.02. The third kappa shape index (κ3) is 2.84. The molecule has 90 valence electrons. The summed E-state index contributed by atoms with van der Waals surface area (Å²) in [5.74, 6) is -0.936. The summed E-state index contributed by atoms with van der Waals surface area (Å²) in [6.45, 7) is 4.10. The van der Waals surface area contributed by atoms with Gasteiger partial charge in [-0.2, -0.15) is 0 Å². The van der Waals surface area contributed by atoms with Gasteiger partial charge >= 0.3 is 5.97 Å². The molecule has 0 fully saturated rings. The van der Waals surface area contributed by atoms with Crippen LogP contribution in [-0.2, 0) is 9.59 Å². The topological polar surface area (TPSA) is 57.6 Å². The fourth-order valence-electron chi connectivity index (χ4n) is 2.12. The zero-order chi connectivity index (χ0) is 12.1. The van der Waals surface area contributed by atoms with E-state index in [0.717, 1.165) is 25.0 Å². The van der Waals surface area contributed by atoms with Gasteiger partial charge in [0.2, 0.25) is 5.91 Å². The first-order chi connectivity index (χ1) is 7.57. The van der Waals surface area contributed by atoms with Crippen molar-refractivity contribution in [1.29, 1.82) is 0 Å². The second kappa shape index (κ2) is 5.68. The lowest BCUT2D eigenvalue weighted by Gasteiger charge is -2.28. The minimum Gasteiger partial charge on any atom is -0.478 e. The predicted octanol–water partition coefficient (Wildman–Crippen LogP) is 2.16. The first-order valence-electron chi connectivity index (χ1n) is 5.81. The maximum atomic E-state index is 11.5. The fourth-order valence-corrected chi connectivity index (χ4v) is 2.12. The van der Waals surface area contributed by atoms with Crippen LogP contribution < -0.4 is 0 Å². The van der Waals surface area contributed by atoms with E-state index in [1.54, 1.807) is 4.90 Å². The van der Waals surface area contributed by atoms with Crippen LogP contribution in [0, 0.1) is 0 Å². The number of aliphatic carboxylic acids is 1. The Hall–Kier alpha value is -1.32. The minimum absolute atomic E-state index is 0.0579. The molecule has 1 N–H and O–H groups in total. The van der Waals surface area contributed by atoms with Gasteiger partial charge in [-0.1, -0.05) is 6.92 Å². The highest BCUT2D eigenvalue weighted by Crippen LogP contribution is 2.27.